The minimum atomic E-state index is -0.405. The van der Waals surface area contributed by atoms with Crippen molar-refractivity contribution in [2.45, 2.75) is 0 Å². The van der Waals surface area contributed by atoms with E-state index in [0.29, 0.717) is 17.0 Å². The number of hydrogen-bond donors (Lipinski definition) is 2. The summed E-state index contributed by atoms with van der Waals surface area (Å²) in [6, 6.07) is 17.9. The van der Waals surface area contributed by atoms with Crippen molar-refractivity contribution >= 4 is 22.1 Å². The third-order valence-electron chi connectivity index (χ3n) is 5.10. The van der Waals surface area contributed by atoms with Gasteiger partial charge in [0.15, 0.2) is 5.65 Å². The SMILES string of the molecule is Cn1c(=O)c2[nH]c(-c3c(-c4ccccc4)[nH]c4ccccc34)nc2n(C)c1=O. The van der Waals surface area contributed by atoms with E-state index in [1.165, 1.54) is 11.6 Å². The molecule has 0 atom stereocenters. The van der Waals surface area contributed by atoms with Gasteiger partial charge in [0, 0.05) is 25.0 Å². The van der Waals surface area contributed by atoms with E-state index < -0.39 is 11.2 Å². The first-order valence-electron chi connectivity index (χ1n) is 8.88. The second kappa shape index (κ2) is 5.82. The van der Waals surface area contributed by atoms with Gasteiger partial charge >= 0.3 is 5.69 Å². The number of nitrogens with zero attached hydrogens (tertiary/aromatic N) is 3. The summed E-state index contributed by atoms with van der Waals surface area (Å²) < 4.78 is 2.46. The molecule has 0 aliphatic rings. The topological polar surface area (TPSA) is 88.5 Å². The maximum absolute atomic E-state index is 12.6. The summed E-state index contributed by atoms with van der Waals surface area (Å²) in [5.74, 6) is 0.546. The highest BCUT2D eigenvalue weighted by molar-refractivity contribution is 6.03. The molecule has 7 heteroatoms. The predicted molar refractivity (Wildman–Crippen MR) is 109 cm³/mol. The van der Waals surface area contributed by atoms with E-state index in [0.717, 1.165) is 32.3 Å². The maximum Gasteiger partial charge on any atom is 0.332 e. The number of rotatable bonds is 2. The summed E-state index contributed by atoms with van der Waals surface area (Å²) in [5, 5.41) is 0.988. The standard InChI is InChI=1S/C21H17N5O2/c1-25-19-17(20(27)26(2)21(25)28)23-18(24-19)15-13-10-6-7-11-14(13)22-16(15)12-8-4-3-5-9-12/h3-11,22H,1-2H3,(H,23,24). The highest BCUT2D eigenvalue weighted by Gasteiger charge is 2.20. The van der Waals surface area contributed by atoms with Gasteiger partial charge in [-0.1, -0.05) is 48.5 Å². The number of nitrogens with one attached hydrogen (secondary N) is 2. The van der Waals surface area contributed by atoms with Gasteiger partial charge in [-0.15, -0.1) is 0 Å². The third kappa shape index (κ3) is 2.19. The summed E-state index contributed by atoms with van der Waals surface area (Å²) in [7, 11) is 3.08. The smallest absolute Gasteiger partial charge is 0.332 e. The lowest BCUT2D eigenvalue weighted by molar-refractivity contribution is 0.709. The van der Waals surface area contributed by atoms with Crippen LogP contribution in [0.25, 0.3) is 44.7 Å². The van der Waals surface area contributed by atoms with Crippen molar-refractivity contribution in [3.8, 4) is 22.6 Å². The number of benzene rings is 2. The van der Waals surface area contributed by atoms with Crippen LogP contribution in [0.5, 0.6) is 0 Å². The van der Waals surface area contributed by atoms with Crippen LogP contribution in [0.3, 0.4) is 0 Å². The molecule has 0 spiro atoms. The minimum absolute atomic E-state index is 0.309. The van der Waals surface area contributed by atoms with Gasteiger partial charge < -0.3 is 9.97 Å². The van der Waals surface area contributed by atoms with Crippen LogP contribution >= 0.6 is 0 Å². The highest BCUT2D eigenvalue weighted by Crippen LogP contribution is 2.37. The van der Waals surface area contributed by atoms with E-state index in [4.69, 9.17) is 0 Å². The number of hydrogen-bond acceptors (Lipinski definition) is 3. The van der Waals surface area contributed by atoms with Crippen LogP contribution in [-0.2, 0) is 14.1 Å². The Labute approximate surface area is 158 Å². The lowest BCUT2D eigenvalue weighted by atomic mass is 10.0. The summed E-state index contributed by atoms with van der Waals surface area (Å²) in [4.78, 5) is 36.1. The molecular formula is C21H17N5O2. The largest absolute Gasteiger partial charge is 0.354 e. The highest BCUT2D eigenvalue weighted by atomic mass is 16.2. The fraction of sp³-hybridized carbons (Fsp3) is 0.0952. The van der Waals surface area contributed by atoms with Gasteiger partial charge in [0.2, 0.25) is 0 Å². The number of H-pyrrole nitrogens is 2. The molecule has 5 aromatic rings. The van der Waals surface area contributed by atoms with E-state index in [2.05, 4.69) is 15.0 Å². The van der Waals surface area contributed by atoms with Crippen molar-refractivity contribution in [2.24, 2.45) is 14.1 Å². The lowest BCUT2D eigenvalue weighted by Gasteiger charge is -2.02. The fourth-order valence-electron chi connectivity index (χ4n) is 3.65. The Hall–Kier alpha value is -3.87. The molecule has 0 radical (unpaired) electrons. The van der Waals surface area contributed by atoms with Crippen LogP contribution < -0.4 is 11.2 Å². The molecule has 0 aliphatic carbocycles. The molecule has 3 heterocycles. The zero-order valence-electron chi connectivity index (χ0n) is 15.4. The van der Waals surface area contributed by atoms with Crippen LogP contribution in [0.4, 0.5) is 0 Å². The van der Waals surface area contributed by atoms with Gasteiger partial charge in [-0.05, 0) is 11.6 Å². The van der Waals surface area contributed by atoms with E-state index in [1.54, 1.807) is 7.05 Å². The van der Waals surface area contributed by atoms with Gasteiger partial charge in [-0.3, -0.25) is 13.9 Å². The number of fused-ring (bicyclic) bond motifs is 2. The van der Waals surface area contributed by atoms with Crippen molar-refractivity contribution < 1.29 is 0 Å². The minimum Gasteiger partial charge on any atom is -0.354 e. The lowest BCUT2D eigenvalue weighted by Crippen LogP contribution is -2.36. The molecule has 138 valence electrons. The predicted octanol–water partition coefficient (Wildman–Crippen LogP) is 2.78. The average Bonchev–Trinajstić information content (AvgIpc) is 3.33. The number of aryl methyl sites for hydroxylation is 1. The third-order valence-corrected chi connectivity index (χ3v) is 5.10. The maximum atomic E-state index is 12.6. The van der Waals surface area contributed by atoms with Crippen molar-refractivity contribution in [2.75, 3.05) is 0 Å². The summed E-state index contributed by atoms with van der Waals surface area (Å²) in [5.41, 5.74) is 3.61. The Morgan fingerprint density at radius 1 is 0.857 bits per heavy atom. The first-order valence-corrected chi connectivity index (χ1v) is 8.88. The van der Waals surface area contributed by atoms with Gasteiger partial charge in [-0.25, -0.2) is 9.78 Å². The van der Waals surface area contributed by atoms with Crippen LogP contribution in [0, 0.1) is 0 Å². The number of para-hydroxylation sites is 1. The molecule has 7 nitrogen and oxygen atoms in total. The molecule has 2 aromatic carbocycles. The number of aromatic nitrogens is 5. The molecule has 0 unspecified atom stereocenters. The van der Waals surface area contributed by atoms with E-state index >= 15 is 0 Å². The molecule has 28 heavy (non-hydrogen) atoms. The van der Waals surface area contributed by atoms with Crippen LogP contribution in [0.15, 0.2) is 64.2 Å². The molecule has 2 N–H and O–H groups in total. The Bertz CT molecular complexity index is 1470. The van der Waals surface area contributed by atoms with E-state index in [-0.39, 0.29) is 0 Å². The Balaban J connectivity index is 1.90. The van der Waals surface area contributed by atoms with Gasteiger partial charge in [0.25, 0.3) is 5.56 Å². The molecule has 0 amide bonds. The zero-order valence-corrected chi connectivity index (χ0v) is 15.4. The van der Waals surface area contributed by atoms with Crippen molar-refractivity contribution in [1.82, 2.24) is 24.1 Å². The summed E-state index contributed by atoms with van der Waals surface area (Å²) in [6.45, 7) is 0. The van der Waals surface area contributed by atoms with Crippen LogP contribution in [0.2, 0.25) is 0 Å². The Kier molecular flexibility index (Phi) is 3.39. The summed E-state index contributed by atoms with van der Waals surface area (Å²) >= 11 is 0. The molecule has 0 saturated carbocycles. The number of imidazole rings is 1. The van der Waals surface area contributed by atoms with E-state index in [1.807, 2.05) is 54.6 Å². The van der Waals surface area contributed by atoms with Crippen molar-refractivity contribution in [3.63, 3.8) is 0 Å². The molecular weight excluding hydrogens is 354 g/mol. The van der Waals surface area contributed by atoms with Gasteiger partial charge in [0.05, 0.1) is 11.3 Å². The molecule has 0 fully saturated rings. The monoisotopic (exact) mass is 371 g/mol. The second-order valence-corrected chi connectivity index (χ2v) is 6.78. The average molecular weight is 371 g/mol. The molecule has 3 aromatic heterocycles. The van der Waals surface area contributed by atoms with E-state index in [9.17, 15) is 9.59 Å². The molecule has 0 bridgehead atoms. The second-order valence-electron chi connectivity index (χ2n) is 6.78. The molecule has 0 aliphatic heterocycles. The van der Waals surface area contributed by atoms with Crippen molar-refractivity contribution in [3.05, 3.63) is 75.4 Å². The van der Waals surface area contributed by atoms with Crippen LogP contribution in [0.1, 0.15) is 0 Å². The zero-order chi connectivity index (χ0) is 19.4. The first-order chi connectivity index (χ1) is 13.6. The first kappa shape index (κ1) is 16.3. The van der Waals surface area contributed by atoms with Gasteiger partial charge in [-0.2, -0.15) is 0 Å². The Morgan fingerprint density at radius 3 is 2.36 bits per heavy atom. The fourth-order valence-corrected chi connectivity index (χ4v) is 3.65. The van der Waals surface area contributed by atoms with Crippen molar-refractivity contribution in [1.29, 1.82) is 0 Å². The molecule has 5 rings (SSSR count). The Morgan fingerprint density at radius 2 is 1.57 bits per heavy atom. The number of aromatic amines is 2. The van der Waals surface area contributed by atoms with Gasteiger partial charge in [0.1, 0.15) is 11.3 Å². The summed E-state index contributed by atoms with van der Waals surface area (Å²) in [6.07, 6.45) is 0. The quantitative estimate of drug-likeness (QED) is 0.500. The van der Waals surface area contributed by atoms with Crippen LogP contribution in [-0.4, -0.2) is 24.1 Å². The molecule has 0 saturated heterocycles. The normalized spacial score (nSPS) is 11.5.